The lowest BCUT2D eigenvalue weighted by atomic mass is 9.95. The van der Waals surface area contributed by atoms with E-state index in [9.17, 15) is 9.59 Å². The van der Waals surface area contributed by atoms with Crippen LogP contribution in [0, 0.1) is 0 Å². The molecule has 35 heavy (non-hydrogen) atoms. The van der Waals surface area contributed by atoms with Crippen LogP contribution in [0.15, 0.2) is 30.5 Å². The first kappa shape index (κ1) is 24.8. The van der Waals surface area contributed by atoms with E-state index in [1.54, 1.807) is 17.2 Å². The van der Waals surface area contributed by atoms with Gasteiger partial charge in [0.15, 0.2) is 0 Å². The number of hydrogen-bond acceptors (Lipinski definition) is 7. The van der Waals surface area contributed by atoms with Crippen molar-refractivity contribution >= 4 is 23.6 Å². The maximum absolute atomic E-state index is 12.4. The largest absolute Gasteiger partial charge is 0.444 e. The number of amides is 2. The molecule has 3 heterocycles. The van der Waals surface area contributed by atoms with E-state index in [-0.39, 0.29) is 6.09 Å². The Kier molecular flexibility index (Phi) is 7.42. The Morgan fingerprint density at radius 2 is 1.77 bits per heavy atom. The number of primary amides is 1. The highest BCUT2D eigenvalue weighted by atomic mass is 16.6. The van der Waals surface area contributed by atoms with E-state index in [1.165, 1.54) is 19.3 Å². The molecule has 0 spiro atoms. The third-order valence-electron chi connectivity index (χ3n) is 6.39. The van der Waals surface area contributed by atoms with E-state index in [1.807, 2.05) is 39.0 Å². The number of nitrogens with two attached hydrogens (primary N) is 1. The minimum absolute atomic E-state index is 0.301. The molecule has 2 aromatic rings. The number of carbonyl (C=O) groups excluding carboxylic acids is 2. The number of piperazine rings is 1. The minimum atomic E-state index is -0.523. The summed E-state index contributed by atoms with van der Waals surface area (Å²) >= 11 is 0. The molecule has 1 aliphatic carbocycles. The SMILES string of the molecule is CC(C)(C)OC(=O)N1CCN(c2ccc(C(N)=O)c(-c3ccnc(NC4CCCCC4)c3)n2)CC1. The van der Waals surface area contributed by atoms with Crippen molar-refractivity contribution in [2.45, 2.75) is 64.5 Å². The molecule has 188 valence electrons. The first-order valence-corrected chi connectivity index (χ1v) is 12.5. The number of hydrogen-bond donors (Lipinski definition) is 2. The molecule has 0 aromatic carbocycles. The summed E-state index contributed by atoms with van der Waals surface area (Å²) in [7, 11) is 0. The van der Waals surface area contributed by atoms with Crippen molar-refractivity contribution in [2.24, 2.45) is 5.73 Å². The summed E-state index contributed by atoms with van der Waals surface area (Å²) in [6.07, 6.45) is 7.46. The molecular weight excluding hydrogens is 444 g/mol. The van der Waals surface area contributed by atoms with E-state index in [0.717, 1.165) is 30.0 Å². The Morgan fingerprint density at radius 1 is 1.06 bits per heavy atom. The van der Waals surface area contributed by atoms with Gasteiger partial charge in [0.05, 0.1) is 11.3 Å². The second kappa shape index (κ2) is 10.5. The van der Waals surface area contributed by atoms with Gasteiger partial charge in [0.1, 0.15) is 17.2 Å². The average molecular weight is 481 g/mol. The highest BCUT2D eigenvalue weighted by molar-refractivity contribution is 5.99. The highest BCUT2D eigenvalue weighted by Gasteiger charge is 2.27. The summed E-state index contributed by atoms with van der Waals surface area (Å²) in [4.78, 5) is 37.7. The Labute approximate surface area is 207 Å². The highest BCUT2D eigenvalue weighted by Crippen LogP contribution is 2.28. The maximum atomic E-state index is 12.4. The quantitative estimate of drug-likeness (QED) is 0.664. The predicted molar refractivity (Wildman–Crippen MR) is 137 cm³/mol. The van der Waals surface area contributed by atoms with Gasteiger partial charge in [-0.2, -0.15) is 0 Å². The molecule has 4 rings (SSSR count). The molecule has 1 saturated heterocycles. The zero-order chi connectivity index (χ0) is 25.0. The molecule has 2 aromatic heterocycles. The van der Waals surface area contributed by atoms with E-state index < -0.39 is 11.5 Å². The lowest BCUT2D eigenvalue weighted by molar-refractivity contribution is 0.0240. The molecule has 1 saturated carbocycles. The summed E-state index contributed by atoms with van der Waals surface area (Å²) in [5.74, 6) is 1.00. The molecule has 2 amide bonds. The van der Waals surface area contributed by atoms with E-state index in [0.29, 0.717) is 43.5 Å². The fourth-order valence-corrected chi connectivity index (χ4v) is 4.60. The summed E-state index contributed by atoms with van der Waals surface area (Å²) in [5, 5.41) is 3.53. The van der Waals surface area contributed by atoms with Crippen molar-refractivity contribution in [2.75, 3.05) is 36.4 Å². The normalized spacial score (nSPS) is 17.2. The molecule has 9 nitrogen and oxygen atoms in total. The standard InChI is InChI=1S/C26H36N6O3/c1-26(2,3)35-25(34)32-15-13-31(14-16-32)22-10-9-20(24(27)33)23(30-22)18-11-12-28-21(17-18)29-19-7-5-4-6-8-19/h9-12,17,19H,4-8,13-16H2,1-3H3,(H2,27,33)(H,28,29). The Bertz CT molecular complexity index is 1050. The van der Waals surface area contributed by atoms with Gasteiger partial charge in [0.25, 0.3) is 5.91 Å². The van der Waals surface area contributed by atoms with Gasteiger partial charge in [0, 0.05) is 44.0 Å². The van der Waals surface area contributed by atoms with Crippen LogP contribution in [0.25, 0.3) is 11.3 Å². The van der Waals surface area contributed by atoms with Gasteiger partial charge in [-0.25, -0.2) is 14.8 Å². The van der Waals surface area contributed by atoms with Crippen LogP contribution in [-0.4, -0.2) is 64.7 Å². The monoisotopic (exact) mass is 480 g/mol. The molecule has 0 radical (unpaired) electrons. The Morgan fingerprint density at radius 3 is 2.43 bits per heavy atom. The second-order valence-electron chi connectivity index (χ2n) is 10.3. The zero-order valence-corrected chi connectivity index (χ0v) is 20.9. The van der Waals surface area contributed by atoms with Gasteiger partial charge < -0.3 is 25.6 Å². The van der Waals surface area contributed by atoms with Crippen LogP contribution >= 0.6 is 0 Å². The fraction of sp³-hybridized carbons (Fsp3) is 0.538. The van der Waals surface area contributed by atoms with Crippen LogP contribution in [0.1, 0.15) is 63.2 Å². The number of carbonyl (C=O) groups is 2. The van der Waals surface area contributed by atoms with Crippen LogP contribution in [0.3, 0.4) is 0 Å². The lowest BCUT2D eigenvalue weighted by Gasteiger charge is -2.36. The molecule has 2 aliphatic rings. The number of rotatable bonds is 5. The number of aromatic nitrogens is 2. The second-order valence-corrected chi connectivity index (χ2v) is 10.3. The van der Waals surface area contributed by atoms with Crippen molar-refractivity contribution in [3.05, 3.63) is 36.0 Å². The van der Waals surface area contributed by atoms with Crippen LogP contribution in [0.4, 0.5) is 16.4 Å². The van der Waals surface area contributed by atoms with Gasteiger partial charge >= 0.3 is 6.09 Å². The summed E-state index contributed by atoms with van der Waals surface area (Å²) in [5.41, 5.74) is 6.87. The number of pyridine rings is 2. The van der Waals surface area contributed by atoms with Crippen molar-refractivity contribution < 1.29 is 14.3 Å². The Balaban J connectivity index is 1.51. The van der Waals surface area contributed by atoms with E-state index in [2.05, 4.69) is 15.2 Å². The molecular formula is C26H36N6O3. The minimum Gasteiger partial charge on any atom is -0.444 e. The molecule has 0 bridgehead atoms. The van der Waals surface area contributed by atoms with Crippen LogP contribution < -0.4 is 16.0 Å². The molecule has 9 heteroatoms. The van der Waals surface area contributed by atoms with Crippen molar-refractivity contribution in [3.8, 4) is 11.3 Å². The number of anilines is 2. The van der Waals surface area contributed by atoms with Crippen molar-refractivity contribution in [3.63, 3.8) is 0 Å². The van der Waals surface area contributed by atoms with E-state index >= 15 is 0 Å². The number of nitrogens with zero attached hydrogens (tertiary/aromatic N) is 4. The third-order valence-corrected chi connectivity index (χ3v) is 6.39. The first-order chi connectivity index (χ1) is 16.7. The first-order valence-electron chi connectivity index (χ1n) is 12.5. The number of nitrogens with one attached hydrogen (secondary N) is 1. The number of ether oxygens (including phenoxy) is 1. The predicted octanol–water partition coefficient (Wildman–Crippen LogP) is 4.04. The summed E-state index contributed by atoms with van der Waals surface area (Å²) < 4.78 is 5.49. The van der Waals surface area contributed by atoms with Gasteiger partial charge in [-0.1, -0.05) is 19.3 Å². The zero-order valence-electron chi connectivity index (χ0n) is 20.9. The molecule has 2 fully saturated rings. The van der Waals surface area contributed by atoms with Gasteiger partial charge in [-0.3, -0.25) is 4.79 Å². The van der Waals surface area contributed by atoms with Crippen LogP contribution in [-0.2, 0) is 4.74 Å². The van der Waals surface area contributed by atoms with E-state index in [4.69, 9.17) is 15.5 Å². The average Bonchev–Trinajstić information content (AvgIpc) is 2.83. The van der Waals surface area contributed by atoms with Crippen molar-refractivity contribution in [1.29, 1.82) is 0 Å². The maximum Gasteiger partial charge on any atom is 0.410 e. The lowest BCUT2D eigenvalue weighted by Crippen LogP contribution is -2.50. The Hall–Kier alpha value is -3.36. The smallest absolute Gasteiger partial charge is 0.410 e. The third kappa shape index (κ3) is 6.41. The molecule has 0 unspecified atom stereocenters. The van der Waals surface area contributed by atoms with Gasteiger partial charge in [-0.05, 0) is 57.9 Å². The molecule has 3 N–H and O–H groups in total. The molecule has 0 atom stereocenters. The molecule has 1 aliphatic heterocycles. The van der Waals surface area contributed by atoms with Gasteiger partial charge in [-0.15, -0.1) is 0 Å². The fourth-order valence-electron chi connectivity index (χ4n) is 4.60. The van der Waals surface area contributed by atoms with Gasteiger partial charge in [0.2, 0.25) is 0 Å². The van der Waals surface area contributed by atoms with Crippen LogP contribution in [0.5, 0.6) is 0 Å². The van der Waals surface area contributed by atoms with Crippen molar-refractivity contribution in [1.82, 2.24) is 14.9 Å². The van der Waals surface area contributed by atoms with Crippen LogP contribution in [0.2, 0.25) is 0 Å². The topological polar surface area (TPSA) is 114 Å². The summed E-state index contributed by atoms with van der Waals surface area (Å²) in [6, 6.07) is 7.76. The summed E-state index contributed by atoms with van der Waals surface area (Å²) in [6.45, 7) is 7.90.